The molecule has 1 saturated heterocycles. The Kier molecular flexibility index (Phi) is 16.0. The third kappa shape index (κ3) is 13.0. The molecule has 2 aliphatic heterocycles. The van der Waals surface area contributed by atoms with Crippen molar-refractivity contribution in [3.63, 3.8) is 0 Å². The Morgan fingerprint density at radius 1 is 0.868 bits per heavy atom. The highest BCUT2D eigenvalue weighted by Gasteiger charge is 2.47. The third-order valence-corrected chi connectivity index (χ3v) is 13.8. The van der Waals surface area contributed by atoms with Crippen LogP contribution in [0, 0.1) is 0 Å². The number of hydrogen-bond donors (Lipinski definition) is 10. The maximum Gasteiger partial charge on any atom is 0.490 e. The number of phosphoric acid groups is 3. The smallest absolute Gasteiger partial charge is 0.490 e. The first-order chi connectivity index (χ1) is 31.9. The molecule has 364 valence electrons. The van der Waals surface area contributed by atoms with Crippen molar-refractivity contribution in [3.8, 4) is 28.2 Å². The number of unbranched alkanes of at least 4 members (excludes halogenated alkanes) is 2. The highest BCUT2D eigenvalue weighted by atomic mass is 31.3. The molecule has 1 fully saturated rings. The number of amides is 2. The number of hydrogen-bond acceptors (Lipinski definition) is 17. The van der Waals surface area contributed by atoms with Crippen molar-refractivity contribution in [1.82, 2.24) is 20.2 Å². The number of phosphoric ester groups is 1. The predicted octanol–water partition coefficient (Wildman–Crippen LogP) is 1.27. The van der Waals surface area contributed by atoms with Gasteiger partial charge in [0.1, 0.15) is 29.7 Å². The Morgan fingerprint density at radius 2 is 1.60 bits per heavy atom. The minimum atomic E-state index is -5.86. The van der Waals surface area contributed by atoms with E-state index in [1.165, 1.54) is 66.7 Å². The number of carbonyl (C=O) groups excluding carboxylic acids is 2. The molecule has 6 atom stereocenters. The molecule has 2 unspecified atom stereocenters. The number of aliphatic hydroxyl groups is 2. The SMILES string of the molecule is O=C(CCCCCNC(=O)c1ccc(-c2c3ccc(=O)cc-3oc3cc([O-])ccc23)c(C(=O)O)c1)NC/C=C/c1cn([C@@H]2O[C@H](COP(=O)(O)OP(=O)(O)OP(=O)(O)O)[C@@H](O)[C@H]2O)c(=O)[nH]c1=O. The fraction of sp³-hybridized carbons (Fsp3) is 0.282. The van der Waals surface area contributed by atoms with Crippen molar-refractivity contribution in [2.24, 2.45) is 0 Å². The lowest BCUT2D eigenvalue weighted by Crippen LogP contribution is -2.38. The van der Waals surface area contributed by atoms with E-state index in [9.17, 15) is 72.7 Å². The van der Waals surface area contributed by atoms with Gasteiger partial charge in [-0.25, -0.2) is 23.3 Å². The van der Waals surface area contributed by atoms with Gasteiger partial charge < -0.3 is 59.8 Å². The van der Waals surface area contributed by atoms with Gasteiger partial charge in [-0.2, -0.15) is 8.62 Å². The first kappa shape index (κ1) is 51.4. The number of carbonyl (C=O) groups is 3. The summed E-state index contributed by atoms with van der Waals surface area (Å²) >= 11 is 0. The first-order valence-corrected chi connectivity index (χ1v) is 24.4. The number of H-pyrrole nitrogens is 1. The van der Waals surface area contributed by atoms with Crippen LogP contribution in [0.3, 0.4) is 0 Å². The van der Waals surface area contributed by atoms with Gasteiger partial charge in [-0.1, -0.05) is 36.8 Å². The van der Waals surface area contributed by atoms with Crippen molar-refractivity contribution >= 4 is 58.3 Å². The molecule has 3 aliphatic rings. The number of fused-ring (bicyclic) bond motifs is 2. The molecule has 26 nitrogen and oxygen atoms in total. The van der Waals surface area contributed by atoms with Gasteiger partial charge in [-0.15, -0.1) is 5.75 Å². The molecule has 1 aromatic heterocycles. The van der Waals surface area contributed by atoms with E-state index in [2.05, 4.69) is 23.8 Å². The summed E-state index contributed by atoms with van der Waals surface area (Å²) in [4.78, 5) is 113. The molecule has 29 heteroatoms. The van der Waals surface area contributed by atoms with Crippen LogP contribution < -0.4 is 32.4 Å². The molecule has 0 radical (unpaired) electrons. The Balaban J connectivity index is 0.963. The van der Waals surface area contributed by atoms with Crippen molar-refractivity contribution < 1.29 is 90.4 Å². The molecule has 0 spiro atoms. The van der Waals surface area contributed by atoms with Gasteiger partial charge in [0.05, 0.1) is 17.7 Å². The van der Waals surface area contributed by atoms with Gasteiger partial charge in [0.2, 0.25) is 5.91 Å². The summed E-state index contributed by atoms with van der Waals surface area (Å²) in [6.07, 6.45) is -2.35. The van der Waals surface area contributed by atoms with E-state index >= 15 is 0 Å². The van der Waals surface area contributed by atoms with Crippen LogP contribution in [-0.2, 0) is 36.4 Å². The summed E-state index contributed by atoms with van der Waals surface area (Å²) in [5.41, 5.74) is -1.54. The van der Waals surface area contributed by atoms with E-state index in [-0.39, 0.29) is 70.2 Å². The van der Waals surface area contributed by atoms with Crippen molar-refractivity contribution in [2.75, 3.05) is 19.7 Å². The number of nitrogens with zero attached hydrogens (tertiary/aromatic N) is 1. The molecule has 6 rings (SSSR count). The molecule has 3 aromatic rings. The highest BCUT2D eigenvalue weighted by Crippen LogP contribution is 2.66. The number of aromatic carboxylic acids is 1. The number of aromatic nitrogens is 2. The fourth-order valence-corrected chi connectivity index (χ4v) is 9.97. The zero-order valence-electron chi connectivity index (χ0n) is 34.7. The number of ether oxygens (including phenoxy) is 1. The Morgan fingerprint density at radius 3 is 2.32 bits per heavy atom. The lowest BCUT2D eigenvalue weighted by atomic mass is 9.90. The van der Waals surface area contributed by atoms with Crippen LogP contribution >= 0.6 is 23.5 Å². The summed E-state index contributed by atoms with van der Waals surface area (Å²) in [6.45, 7) is -1.04. The lowest BCUT2D eigenvalue weighted by Gasteiger charge is -2.19. The van der Waals surface area contributed by atoms with E-state index in [1.807, 2.05) is 4.98 Å². The minimum Gasteiger partial charge on any atom is -0.872 e. The van der Waals surface area contributed by atoms with Crippen molar-refractivity contribution in [1.29, 1.82) is 0 Å². The topological polar surface area (TPSA) is 413 Å². The van der Waals surface area contributed by atoms with Gasteiger partial charge in [-0.05, 0) is 48.7 Å². The molecular weight excluding hydrogens is 969 g/mol. The zero-order chi connectivity index (χ0) is 49.7. The number of aliphatic hydroxyl groups excluding tert-OH is 2. The quantitative estimate of drug-likeness (QED) is 0.0298. The van der Waals surface area contributed by atoms with E-state index < -0.39 is 77.7 Å². The monoisotopic (exact) mass is 1010 g/mol. The van der Waals surface area contributed by atoms with Gasteiger partial charge >= 0.3 is 35.1 Å². The Bertz CT molecular complexity index is 3070. The molecule has 0 bridgehead atoms. The van der Waals surface area contributed by atoms with Crippen LogP contribution in [0.2, 0.25) is 0 Å². The fourth-order valence-electron chi connectivity index (χ4n) is 6.94. The number of benzene rings is 3. The third-order valence-electron chi connectivity index (χ3n) is 9.95. The number of aromatic amines is 1. The van der Waals surface area contributed by atoms with Crippen molar-refractivity contribution in [3.05, 3.63) is 115 Å². The molecule has 1 aliphatic carbocycles. The molecule has 2 amide bonds. The van der Waals surface area contributed by atoms with E-state index in [0.29, 0.717) is 40.3 Å². The van der Waals surface area contributed by atoms with Crippen LogP contribution in [-0.4, -0.2) is 100 Å². The maximum absolute atomic E-state index is 13.1. The summed E-state index contributed by atoms with van der Waals surface area (Å²) in [5, 5.41) is 49.0. The Hall–Kier alpha value is -5.95. The minimum absolute atomic E-state index is 0.0582. The second kappa shape index (κ2) is 21.1. The predicted molar refractivity (Wildman–Crippen MR) is 231 cm³/mol. The average Bonchev–Trinajstić information content (AvgIpc) is 3.52. The van der Waals surface area contributed by atoms with Crippen LogP contribution in [0.15, 0.2) is 85.7 Å². The van der Waals surface area contributed by atoms with E-state index in [1.54, 1.807) is 0 Å². The summed E-state index contributed by atoms with van der Waals surface area (Å²) in [6, 6.07) is 12.2. The summed E-state index contributed by atoms with van der Waals surface area (Å²) in [7, 11) is -17.2. The van der Waals surface area contributed by atoms with Crippen LogP contribution in [0.4, 0.5) is 0 Å². The lowest BCUT2D eigenvalue weighted by molar-refractivity contribution is -0.268. The molecule has 10 N–H and O–H groups in total. The molecule has 68 heavy (non-hydrogen) atoms. The van der Waals surface area contributed by atoms with Gasteiger partial charge in [0.15, 0.2) is 11.7 Å². The second-order valence-corrected chi connectivity index (χ2v) is 19.2. The standard InChI is InChI=1S/C39H41N4O22P3/c44-22-8-11-25-28(16-22)62-29-17-23(45)9-12-26(29)32(25)24-10-7-20(15-27(24)38(51)52)35(49)41-13-3-1-2-6-31(46)40-14-4-5-21-18-43(39(53)42-36(21)50)37-34(48)33(47)30(63-37)19-61-67(57,58)65-68(59,60)64-66(54,55)56/h4-5,7-12,15-18,30,33-34,37,44,47-48H,1-3,6,13-14,19H2,(H,40,46)(H,41,49)(H,51,52)(H,57,58)(H,59,60)(H,42,50,53)(H2,54,55,56)/p-1/b5-4+/t30-,33-,34-,37-/m1/s1. The molecule has 0 saturated carbocycles. The largest absolute Gasteiger partial charge is 0.872 e. The zero-order valence-corrected chi connectivity index (χ0v) is 37.4. The van der Waals surface area contributed by atoms with Crippen LogP contribution in [0.25, 0.3) is 39.5 Å². The molecule has 2 aromatic carbocycles. The number of carboxylic acids is 1. The second-order valence-electron chi connectivity index (χ2n) is 14.8. The average molecular weight is 1010 g/mol. The molecule has 3 heterocycles. The number of nitrogens with one attached hydrogen (secondary N) is 3. The number of rotatable bonds is 20. The van der Waals surface area contributed by atoms with Gasteiger partial charge in [0.25, 0.3) is 11.5 Å². The van der Waals surface area contributed by atoms with E-state index in [4.69, 9.17) is 18.9 Å². The van der Waals surface area contributed by atoms with Crippen LogP contribution in [0.5, 0.6) is 5.75 Å². The highest BCUT2D eigenvalue weighted by molar-refractivity contribution is 7.66. The summed E-state index contributed by atoms with van der Waals surface area (Å²) in [5.74, 6) is -2.47. The number of carboxylic acid groups (broad SMARTS) is 1. The van der Waals surface area contributed by atoms with Gasteiger partial charge in [0, 0.05) is 53.9 Å². The van der Waals surface area contributed by atoms with E-state index in [0.717, 1.165) is 6.20 Å². The first-order valence-electron chi connectivity index (χ1n) is 19.8. The van der Waals surface area contributed by atoms with Crippen LogP contribution in [0.1, 0.15) is 58.2 Å². The molecular formula is C39H40N4O22P3-. The van der Waals surface area contributed by atoms with Gasteiger partial charge in [-0.3, -0.25) is 33.3 Å². The Labute approximate surface area is 380 Å². The summed E-state index contributed by atoms with van der Waals surface area (Å²) < 4.78 is 57.9. The van der Waals surface area contributed by atoms with Crippen molar-refractivity contribution in [2.45, 2.75) is 50.2 Å². The normalized spacial score (nSPS) is 19.2. The maximum atomic E-state index is 13.1.